The summed E-state index contributed by atoms with van der Waals surface area (Å²) in [7, 11) is 0. The van der Waals surface area contributed by atoms with E-state index in [9.17, 15) is 27.6 Å². The van der Waals surface area contributed by atoms with E-state index in [0.717, 1.165) is 41.6 Å². The molecule has 8 nitrogen and oxygen atoms in total. The van der Waals surface area contributed by atoms with Gasteiger partial charge in [0.25, 0.3) is 5.91 Å². The molecule has 0 bridgehead atoms. The van der Waals surface area contributed by atoms with E-state index in [2.05, 4.69) is 0 Å². The average molecular weight is 695 g/mol. The second kappa shape index (κ2) is 16.4. The predicted octanol–water partition coefficient (Wildman–Crippen LogP) is 8.91. The Kier molecular flexibility index (Phi) is 12.9. The molecule has 4 aromatic carbocycles. The number of hydrogen-bond acceptors (Lipinski definition) is 6. The third kappa shape index (κ3) is 10.0. The maximum absolute atomic E-state index is 12.7. The van der Waals surface area contributed by atoms with Gasteiger partial charge in [-0.2, -0.15) is 13.2 Å². The third-order valence-corrected chi connectivity index (χ3v) is 7.38. The number of likely N-dealkylation sites (N-methyl/N-ethyl adjacent to an activating group) is 1. The van der Waals surface area contributed by atoms with Gasteiger partial charge in [-0.05, 0) is 75.5 Å². The number of aliphatic carboxylic acids is 1. The van der Waals surface area contributed by atoms with Crippen molar-refractivity contribution in [2.75, 3.05) is 13.1 Å². The van der Waals surface area contributed by atoms with Gasteiger partial charge >= 0.3 is 18.1 Å². The first-order valence-electron chi connectivity index (χ1n) is 14.4. The van der Waals surface area contributed by atoms with Crippen molar-refractivity contribution >= 4 is 51.8 Å². The summed E-state index contributed by atoms with van der Waals surface area (Å²) in [5, 5.41) is 10.6. The summed E-state index contributed by atoms with van der Waals surface area (Å²) in [5.41, 5.74) is -1.12. The van der Waals surface area contributed by atoms with Gasteiger partial charge in [-0.25, -0.2) is 9.59 Å². The SMILES string of the molecule is CCN(CC)C(=O)C(C)Oc1cccc2ccccc12.C[C@H](OC(=O)c1cc(Oc2ccc(C(F)(F)F)cc2Cl)ccc1Cl)C(=O)O. The molecular formula is C34H32Cl2F3NO7. The second-order valence-corrected chi connectivity index (χ2v) is 10.8. The number of benzene rings is 4. The molecule has 47 heavy (non-hydrogen) atoms. The topological polar surface area (TPSA) is 102 Å². The number of carbonyl (C=O) groups excluding carboxylic acids is 2. The maximum Gasteiger partial charge on any atom is 0.416 e. The molecule has 250 valence electrons. The van der Waals surface area contributed by atoms with Crippen LogP contribution in [0.1, 0.15) is 43.6 Å². The van der Waals surface area contributed by atoms with Crippen molar-refractivity contribution in [1.82, 2.24) is 4.90 Å². The highest BCUT2D eigenvalue weighted by Crippen LogP contribution is 2.37. The molecule has 0 aliphatic rings. The highest BCUT2D eigenvalue weighted by molar-refractivity contribution is 6.33. The number of esters is 1. The summed E-state index contributed by atoms with van der Waals surface area (Å²) in [4.78, 5) is 36.8. The molecule has 0 saturated heterocycles. The van der Waals surface area contributed by atoms with Crippen molar-refractivity contribution in [3.63, 3.8) is 0 Å². The van der Waals surface area contributed by atoms with Crippen LogP contribution in [-0.4, -0.2) is 53.1 Å². The minimum atomic E-state index is -4.56. The molecule has 0 aliphatic heterocycles. The fourth-order valence-corrected chi connectivity index (χ4v) is 4.63. The lowest BCUT2D eigenvalue weighted by Gasteiger charge is -2.23. The zero-order valence-corrected chi connectivity index (χ0v) is 27.3. The number of amides is 1. The second-order valence-electron chi connectivity index (χ2n) is 10.0. The molecule has 0 aromatic heterocycles. The Labute approximate surface area is 279 Å². The van der Waals surface area contributed by atoms with Gasteiger partial charge in [-0.1, -0.05) is 59.6 Å². The predicted molar refractivity (Wildman–Crippen MR) is 172 cm³/mol. The first-order valence-corrected chi connectivity index (χ1v) is 15.1. The van der Waals surface area contributed by atoms with Gasteiger partial charge in [0.2, 0.25) is 0 Å². The number of ether oxygens (including phenoxy) is 3. The minimum Gasteiger partial charge on any atom is -0.480 e. The Bertz CT molecular complexity index is 1720. The van der Waals surface area contributed by atoms with Crippen LogP contribution in [0, 0.1) is 0 Å². The molecule has 1 N–H and O–H groups in total. The van der Waals surface area contributed by atoms with Crippen molar-refractivity contribution < 1.29 is 46.9 Å². The zero-order chi connectivity index (χ0) is 34.9. The lowest BCUT2D eigenvalue weighted by molar-refractivity contribution is -0.146. The van der Waals surface area contributed by atoms with Crippen molar-refractivity contribution in [2.24, 2.45) is 0 Å². The number of rotatable bonds is 10. The Balaban J connectivity index is 0.000000267. The number of carboxylic acid groups (broad SMARTS) is 1. The van der Waals surface area contributed by atoms with Crippen LogP contribution in [0.25, 0.3) is 10.8 Å². The maximum atomic E-state index is 12.7. The van der Waals surface area contributed by atoms with Gasteiger partial charge in [0, 0.05) is 18.5 Å². The zero-order valence-electron chi connectivity index (χ0n) is 25.8. The lowest BCUT2D eigenvalue weighted by Crippen LogP contribution is -2.40. The Hall–Kier alpha value is -4.48. The van der Waals surface area contributed by atoms with Crippen LogP contribution in [0.2, 0.25) is 10.0 Å². The van der Waals surface area contributed by atoms with Crippen LogP contribution >= 0.6 is 23.2 Å². The van der Waals surface area contributed by atoms with Crippen LogP contribution in [-0.2, 0) is 20.5 Å². The number of fused-ring (bicyclic) bond motifs is 1. The molecule has 13 heteroatoms. The van der Waals surface area contributed by atoms with Gasteiger partial charge in [0.15, 0.2) is 12.2 Å². The summed E-state index contributed by atoms with van der Waals surface area (Å²) in [6, 6.07) is 20.3. The summed E-state index contributed by atoms with van der Waals surface area (Å²) in [6.07, 6.45) is -6.43. The van der Waals surface area contributed by atoms with Gasteiger partial charge in [-0.3, -0.25) is 4.79 Å². The molecular weight excluding hydrogens is 662 g/mol. The number of halogens is 5. The molecule has 0 spiro atoms. The van der Waals surface area contributed by atoms with Crippen LogP contribution in [0.5, 0.6) is 17.2 Å². The van der Waals surface area contributed by atoms with Crippen molar-refractivity contribution in [3.8, 4) is 17.2 Å². The summed E-state index contributed by atoms with van der Waals surface area (Å²) in [5.74, 6) is -1.59. The van der Waals surface area contributed by atoms with E-state index >= 15 is 0 Å². The number of hydrogen-bond donors (Lipinski definition) is 1. The van der Waals surface area contributed by atoms with Crippen LogP contribution in [0.15, 0.2) is 78.9 Å². The fraction of sp³-hybridized carbons (Fsp3) is 0.265. The van der Waals surface area contributed by atoms with E-state index < -0.39 is 35.9 Å². The molecule has 0 aliphatic carbocycles. The van der Waals surface area contributed by atoms with Crippen molar-refractivity contribution in [3.05, 3.63) is 100 Å². The van der Waals surface area contributed by atoms with Crippen LogP contribution in [0.3, 0.4) is 0 Å². The molecule has 0 heterocycles. The van der Waals surface area contributed by atoms with E-state index in [4.69, 9.17) is 42.5 Å². The molecule has 4 rings (SSSR count). The monoisotopic (exact) mass is 693 g/mol. The van der Waals surface area contributed by atoms with E-state index in [1.54, 1.807) is 4.90 Å². The minimum absolute atomic E-state index is 0.0246. The fourth-order valence-electron chi connectivity index (χ4n) is 4.22. The third-order valence-electron chi connectivity index (χ3n) is 6.75. The summed E-state index contributed by atoms with van der Waals surface area (Å²) >= 11 is 11.7. The van der Waals surface area contributed by atoms with Crippen LogP contribution in [0.4, 0.5) is 13.2 Å². The van der Waals surface area contributed by atoms with E-state index in [1.165, 1.54) is 12.1 Å². The van der Waals surface area contributed by atoms with Crippen LogP contribution < -0.4 is 9.47 Å². The summed E-state index contributed by atoms with van der Waals surface area (Å²) < 4.78 is 54.0. The van der Waals surface area contributed by atoms with E-state index in [0.29, 0.717) is 19.2 Å². The Morgan fingerprint density at radius 1 is 0.830 bits per heavy atom. The number of alkyl halides is 3. The standard InChI is InChI=1S/C17H11Cl2F3O5.C17H21NO2/c1-8(15(23)24)26-16(25)11-7-10(3-4-12(11)18)27-14-5-2-9(6-13(14)19)17(20,21)22;1-4-18(5-2)17(19)13(3)20-16-12-8-10-14-9-6-7-11-15(14)16/h2-8H,1H3,(H,23,24);6-13H,4-5H2,1-3H3/t8-;/m0./s1. The van der Waals surface area contributed by atoms with Gasteiger partial charge in [0.05, 0.1) is 21.2 Å². The van der Waals surface area contributed by atoms with E-state index in [-0.39, 0.29) is 33.0 Å². The highest BCUT2D eigenvalue weighted by Gasteiger charge is 2.31. The molecule has 2 atom stereocenters. The first kappa shape index (κ1) is 37.0. The van der Waals surface area contributed by atoms with Gasteiger partial charge in [-0.15, -0.1) is 0 Å². The lowest BCUT2D eigenvalue weighted by atomic mass is 10.1. The molecule has 0 fully saturated rings. The van der Waals surface area contributed by atoms with Gasteiger partial charge < -0.3 is 24.2 Å². The normalized spacial score (nSPS) is 12.3. The van der Waals surface area contributed by atoms with Crippen molar-refractivity contribution in [2.45, 2.75) is 46.1 Å². The molecule has 1 amide bonds. The average Bonchev–Trinajstić information content (AvgIpc) is 3.03. The van der Waals surface area contributed by atoms with Gasteiger partial charge in [0.1, 0.15) is 17.2 Å². The largest absolute Gasteiger partial charge is 0.480 e. The number of nitrogens with zero attached hydrogens (tertiary/aromatic N) is 1. The Morgan fingerprint density at radius 2 is 1.49 bits per heavy atom. The van der Waals surface area contributed by atoms with E-state index in [1.807, 2.05) is 63.2 Å². The first-order chi connectivity index (χ1) is 22.2. The molecule has 1 unspecified atom stereocenters. The van der Waals surface area contributed by atoms with Crippen molar-refractivity contribution in [1.29, 1.82) is 0 Å². The smallest absolute Gasteiger partial charge is 0.416 e. The Morgan fingerprint density at radius 3 is 2.11 bits per heavy atom. The number of carboxylic acids is 1. The summed E-state index contributed by atoms with van der Waals surface area (Å²) in [6.45, 7) is 8.34. The number of carbonyl (C=O) groups is 3. The molecule has 0 radical (unpaired) electrons. The molecule has 4 aromatic rings. The quantitative estimate of drug-likeness (QED) is 0.166. The molecule has 0 saturated carbocycles. The highest BCUT2D eigenvalue weighted by atomic mass is 35.5.